The molecule has 1 aromatic heterocycles. The Balaban J connectivity index is 1.43. The maximum Gasteiger partial charge on any atom is 0.249 e. The van der Waals surface area contributed by atoms with Crippen LogP contribution in [0.4, 0.5) is 5.13 Å². The first-order chi connectivity index (χ1) is 13.2. The minimum absolute atomic E-state index is 0.111. The van der Waals surface area contributed by atoms with Crippen molar-refractivity contribution in [3.05, 3.63) is 24.3 Å². The molecule has 0 bridgehead atoms. The number of hydrogen-bond acceptors (Lipinski definition) is 6. The van der Waals surface area contributed by atoms with Gasteiger partial charge in [0.25, 0.3) is 0 Å². The largest absolute Gasteiger partial charge is 0.497 e. The van der Waals surface area contributed by atoms with Crippen LogP contribution in [0.15, 0.2) is 24.3 Å². The third kappa shape index (κ3) is 3.66. The minimum atomic E-state index is -0.401. The fourth-order valence-electron chi connectivity index (χ4n) is 3.53. The number of methoxy groups -OCH3 is 1. The van der Waals surface area contributed by atoms with E-state index in [4.69, 9.17) is 4.74 Å². The lowest BCUT2D eigenvalue weighted by atomic mass is 9.84. The third-order valence-corrected chi connectivity index (χ3v) is 6.15. The summed E-state index contributed by atoms with van der Waals surface area (Å²) < 4.78 is 5.23. The van der Waals surface area contributed by atoms with E-state index >= 15 is 0 Å². The molecular weight excluding hydrogens is 364 g/mol. The molecule has 2 amide bonds. The van der Waals surface area contributed by atoms with Crippen LogP contribution >= 0.6 is 11.3 Å². The number of benzene rings is 1. The number of rotatable bonds is 5. The summed E-state index contributed by atoms with van der Waals surface area (Å²) in [5.74, 6) is 0.811. The molecule has 1 N–H and O–H groups in total. The summed E-state index contributed by atoms with van der Waals surface area (Å²) in [6, 6.07) is 7.14. The Labute approximate surface area is 161 Å². The Morgan fingerprint density at radius 3 is 2.81 bits per heavy atom. The summed E-state index contributed by atoms with van der Waals surface area (Å²) in [5.41, 5.74) is 0.884. The first kappa shape index (κ1) is 17.9. The number of ether oxygens (including phenoxy) is 1. The highest BCUT2D eigenvalue weighted by Crippen LogP contribution is 2.32. The quantitative estimate of drug-likeness (QED) is 0.854. The van der Waals surface area contributed by atoms with Crippen LogP contribution in [-0.2, 0) is 9.59 Å². The van der Waals surface area contributed by atoms with Crippen LogP contribution in [0.25, 0.3) is 10.6 Å². The molecule has 8 heteroatoms. The van der Waals surface area contributed by atoms with Gasteiger partial charge in [-0.2, -0.15) is 0 Å². The van der Waals surface area contributed by atoms with Crippen LogP contribution in [0.2, 0.25) is 0 Å². The molecular formula is C19H22N4O3S. The van der Waals surface area contributed by atoms with Gasteiger partial charge in [0.1, 0.15) is 16.8 Å². The molecule has 1 aromatic carbocycles. The fourth-order valence-corrected chi connectivity index (χ4v) is 4.27. The fraction of sp³-hybridized carbons (Fsp3) is 0.474. The van der Waals surface area contributed by atoms with Gasteiger partial charge in [0, 0.05) is 18.0 Å². The van der Waals surface area contributed by atoms with E-state index in [9.17, 15) is 9.59 Å². The molecule has 27 heavy (non-hydrogen) atoms. The molecule has 0 radical (unpaired) electrons. The Hall–Kier alpha value is -2.48. The lowest BCUT2D eigenvalue weighted by Crippen LogP contribution is -2.46. The summed E-state index contributed by atoms with van der Waals surface area (Å²) >= 11 is 1.31. The maximum atomic E-state index is 12.7. The molecule has 0 spiro atoms. The Morgan fingerprint density at radius 2 is 2.07 bits per heavy atom. The predicted octanol–water partition coefficient (Wildman–Crippen LogP) is 2.94. The normalized spacial score (nSPS) is 19.6. The zero-order chi connectivity index (χ0) is 18.8. The summed E-state index contributed by atoms with van der Waals surface area (Å²) in [6.07, 6.45) is 4.57. The molecule has 1 aliphatic heterocycles. The van der Waals surface area contributed by atoms with Crippen LogP contribution in [0.1, 0.15) is 32.1 Å². The number of nitrogens with one attached hydrogen (secondary N) is 1. The van der Waals surface area contributed by atoms with Gasteiger partial charge in [-0.05, 0) is 37.8 Å². The van der Waals surface area contributed by atoms with Crippen molar-refractivity contribution in [2.24, 2.45) is 5.92 Å². The average Bonchev–Trinajstić information content (AvgIpc) is 3.29. The molecule has 7 nitrogen and oxygen atoms in total. The summed E-state index contributed by atoms with van der Waals surface area (Å²) in [7, 11) is 1.61. The van der Waals surface area contributed by atoms with Crippen LogP contribution in [-0.4, -0.2) is 46.6 Å². The van der Waals surface area contributed by atoms with E-state index in [-0.39, 0.29) is 17.7 Å². The number of aromatic nitrogens is 2. The second-order valence-electron chi connectivity index (χ2n) is 6.95. The average molecular weight is 386 g/mol. The molecule has 1 aliphatic carbocycles. The van der Waals surface area contributed by atoms with Crippen LogP contribution in [0.5, 0.6) is 5.75 Å². The molecule has 2 aromatic rings. The third-order valence-electron chi connectivity index (χ3n) is 5.26. The smallest absolute Gasteiger partial charge is 0.249 e. The standard InChI is InChI=1S/C19H22N4O3S/c1-26-14-8-3-7-13(11-14)17-21-22-19(27-17)20-16(24)15-9-4-10-23(15)18(25)12-5-2-6-12/h3,7-8,11-12,15H,2,4-6,9-10H2,1H3,(H,20,22,24)/t15-/m0/s1. The van der Waals surface area contributed by atoms with Crippen molar-refractivity contribution in [3.63, 3.8) is 0 Å². The molecule has 1 saturated heterocycles. The van der Waals surface area contributed by atoms with Gasteiger partial charge in [-0.15, -0.1) is 10.2 Å². The van der Waals surface area contributed by atoms with Gasteiger partial charge in [0.05, 0.1) is 7.11 Å². The van der Waals surface area contributed by atoms with E-state index in [1.807, 2.05) is 24.3 Å². The van der Waals surface area contributed by atoms with Crippen LogP contribution in [0.3, 0.4) is 0 Å². The Morgan fingerprint density at radius 1 is 1.22 bits per heavy atom. The van der Waals surface area contributed by atoms with Gasteiger partial charge in [-0.3, -0.25) is 14.9 Å². The predicted molar refractivity (Wildman–Crippen MR) is 103 cm³/mol. The van der Waals surface area contributed by atoms with Crippen LogP contribution in [0, 0.1) is 5.92 Å². The summed E-state index contributed by atoms with van der Waals surface area (Å²) in [4.78, 5) is 27.0. The maximum absolute atomic E-state index is 12.7. The van der Waals surface area contributed by atoms with Gasteiger partial charge in [-0.25, -0.2) is 0 Å². The first-order valence-corrected chi connectivity index (χ1v) is 10.1. The van der Waals surface area contributed by atoms with E-state index in [0.29, 0.717) is 23.1 Å². The Kier molecular flexibility index (Phi) is 5.07. The van der Waals surface area contributed by atoms with Crippen LogP contribution < -0.4 is 10.1 Å². The highest BCUT2D eigenvalue weighted by molar-refractivity contribution is 7.18. The summed E-state index contributed by atoms with van der Waals surface area (Å²) in [5, 5.41) is 12.2. The second-order valence-corrected chi connectivity index (χ2v) is 7.93. The van der Waals surface area contributed by atoms with E-state index in [2.05, 4.69) is 15.5 Å². The second kappa shape index (κ2) is 7.64. The Bertz CT molecular complexity index is 849. The van der Waals surface area contributed by atoms with Crippen molar-refractivity contribution in [2.45, 2.75) is 38.1 Å². The number of carbonyl (C=O) groups is 2. The molecule has 2 fully saturated rings. The molecule has 1 atom stereocenters. The lowest BCUT2D eigenvalue weighted by Gasteiger charge is -2.32. The molecule has 0 unspecified atom stereocenters. The molecule has 4 rings (SSSR count). The number of nitrogens with zero attached hydrogens (tertiary/aromatic N) is 3. The SMILES string of the molecule is COc1cccc(-c2nnc(NC(=O)[C@@H]3CCCN3C(=O)C3CCC3)s2)c1. The summed E-state index contributed by atoms with van der Waals surface area (Å²) in [6.45, 7) is 0.665. The number of likely N-dealkylation sites (tertiary alicyclic amines) is 1. The van der Waals surface area contributed by atoms with E-state index in [1.54, 1.807) is 12.0 Å². The number of amides is 2. The zero-order valence-electron chi connectivity index (χ0n) is 15.2. The molecule has 142 valence electrons. The van der Waals surface area contributed by atoms with Crippen molar-refractivity contribution >= 4 is 28.3 Å². The first-order valence-electron chi connectivity index (χ1n) is 9.25. The number of carbonyl (C=O) groups excluding carboxylic acids is 2. The van der Waals surface area contributed by atoms with Gasteiger partial charge >= 0.3 is 0 Å². The van der Waals surface area contributed by atoms with Gasteiger partial charge in [0.2, 0.25) is 16.9 Å². The van der Waals surface area contributed by atoms with Crippen molar-refractivity contribution in [1.29, 1.82) is 0 Å². The lowest BCUT2D eigenvalue weighted by molar-refractivity contribution is -0.142. The van der Waals surface area contributed by atoms with Crippen molar-refractivity contribution in [1.82, 2.24) is 15.1 Å². The highest BCUT2D eigenvalue weighted by atomic mass is 32.1. The zero-order valence-corrected chi connectivity index (χ0v) is 16.0. The number of anilines is 1. The van der Waals surface area contributed by atoms with E-state index in [0.717, 1.165) is 37.0 Å². The molecule has 2 heterocycles. The topological polar surface area (TPSA) is 84.4 Å². The number of hydrogen-bond donors (Lipinski definition) is 1. The van der Waals surface area contributed by atoms with Crippen molar-refractivity contribution in [2.75, 3.05) is 19.0 Å². The molecule has 2 aliphatic rings. The van der Waals surface area contributed by atoms with Crippen molar-refractivity contribution in [3.8, 4) is 16.3 Å². The van der Waals surface area contributed by atoms with Gasteiger partial charge in [0.15, 0.2) is 0 Å². The van der Waals surface area contributed by atoms with E-state index < -0.39 is 6.04 Å². The monoisotopic (exact) mass is 386 g/mol. The minimum Gasteiger partial charge on any atom is -0.497 e. The highest BCUT2D eigenvalue weighted by Gasteiger charge is 2.39. The molecule has 1 saturated carbocycles. The van der Waals surface area contributed by atoms with Gasteiger partial charge < -0.3 is 9.64 Å². The van der Waals surface area contributed by atoms with E-state index in [1.165, 1.54) is 11.3 Å². The van der Waals surface area contributed by atoms with Gasteiger partial charge in [-0.1, -0.05) is 29.9 Å². The van der Waals surface area contributed by atoms with Crippen molar-refractivity contribution < 1.29 is 14.3 Å².